The first-order valence-corrected chi connectivity index (χ1v) is 8.04. The highest BCUT2D eigenvalue weighted by Crippen LogP contribution is 2.24. The van der Waals surface area contributed by atoms with Crippen LogP contribution in [0.15, 0.2) is 24.3 Å². The minimum Gasteiger partial charge on any atom is -0.378 e. The number of nitrogens with one attached hydrogen (secondary N) is 1. The first-order chi connectivity index (χ1) is 10.0. The lowest BCUT2D eigenvalue weighted by molar-refractivity contribution is 0.0304. The summed E-state index contributed by atoms with van der Waals surface area (Å²) in [5.41, 5.74) is 12.2. The van der Waals surface area contributed by atoms with E-state index in [4.69, 9.17) is 5.73 Å². The Hall–Kier alpha value is -1.10. The van der Waals surface area contributed by atoms with E-state index in [-0.39, 0.29) is 6.04 Å². The zero-order chi connectivity index (χ0) is 15.4. The first-order valence-electron chi connectivity index (χ1n) is 8.04. The standard InChI is InChI=1S/C17H30N4/c1-13-6-5-7-14(2)21(13)19-17(12-18)15-8-10-16(11-9-15)20(3)4/h8-11,13-14,17,19H,5-7,12,18H2,1-4H3. The number of nitrogens with two attached hydrogens (primary N) is 1. The monoisotopic (exact) mass is 290 g/mol. The summed E-state index contributed by atoms with van der Waals surface area (Å²) in [4.78, 5) is 2.11. The van der Waals surface area contributed by atoms with Gasteiger partial charge in [-0.05, 0) is 44.4 Å². The van der Waals surface area contributed by atoms with Crippen molar-refractivity contribution in [3.8, 4) is 0 Å². The smallest absolute Gasteiger partial charge is 0.0587 e. The summed E-state index contributed by atoms with van der Waals surface area (Å²) in [5, 5.41) is 2.40. The molecule has 21 heavy (non-hydrogen) atoms. The van der Waals surface area contributed by atoms with Crippen molar-refractivity contribution in [1.29, 1.82) is 0 Å². The zero-order valence-corrected chi connectivity index (χ0v) is 13.8. The fraction of sp³-hybridized carbons (Fsp3) is 0.647. The molecule has 0 amide bonds. The van der Waals surface area contributed by atoms with Crippen LogP contribution in [-0.4, -0.2) is 37.7 Å². The number of piperidine rings is 1. The van der Waals surface area contributed by atoms with Crippen molar-refractivity contribution in [3.63, 3.8) is 0 Å². The SMILES string of the molecule is CC1CCCC(C)N1NC(CN)c1ccc(N(C)C)cc1. The van der Waals surface area contributed by atoms with E-state index in [1.807, 2.05) is 0 Å². The third-order valence-corrected chi connectivity index (χ3v) is 4.55. The van der Waals surface area contributed by atoms with Crippen LogP contribution in [-0.2, 0) is 0 Å². The summed E-state index contributed by atoms with van der Waals surface area (Å²) >= 11 is 0. The number of benzene rings is 1. The molecule has 0 saturated carbocycles. The number of rotatable bonds is 5. The summed E-state index contributed by atoms with van der Waals surface area (Å²) in [6, 6.07) is 10.0. The van der Waals surface area contributed by atoms with Crippen LogP contribution in [0.5, 0.6) is 0 Å². The van der Waals surface area contributed by atoms with Gasteiger partial charge in [-0.25, -0.2) is 10.4 Å². The molecule has 1 aromatic carbocycles. The topological polar surface area (TPSA) is 44.5 Å². The van der Waals surface area contributed by atoms with Crippen molar-refractivity contribution >= 4 is 5.69 Å². The van der Waals surface area contributed by atoms with Crippen molar-refractivity contribution in [2.24, 2.45) is 5.73 Å². The van der Waals surface area contributed by atoms with Crippen molar-refractivity contribution in [3.05, 3.63) is 29.8 Å². The van der Waals surface area contributed by atoms with E-state index in [9.17, 15) is 0 Å². The van der Waals surface area contributed by atoms with Gasteiger partial charge in [0.1, 0.15) is 0 Å². The fourth-order valence-electron chi connectivity index (χ4n) is 3.12. The molecule has 0 radical (unpaired) electrons. The Bertz CT molecular complexity index is 419. The van der Waals surface area contributed by atoms with Crippen LogP contribution < -0.4 is 16.1 Å². The van der Waals surface area contributed by atoms with Crippen LogP contribution in [0.3, 0.4) is 0 Å². The second-order valence-electron chi connectivity index (χ2n) is 6.44. The maximum atomic E-state index is 6.01. The predicted octanol–water partition coefficient (Wildman–Crippen LogP) is 2.52. The average Bonchev–Trinajstić information content (AvgIpc) is 2.47. The molecule has 0 spiro atoms. The fourth-order valence-corrected chi connectivity index (χ4v) is 3.12. The largest absolute Gasteiger partial charge is 0.378 e. The van der Waals surface area contributed by atoms with Gasteiger partial charge in [0, 0.05) is 38.4 Å². The van der Waals surface area contributed by atoms with E-state index in [1.54, 1.807) is 0 Å². The Labute approximate surface area is 129 Å². The minimum absolute atomic E-state index is 0.184. The number of anilines is 1. The van der Waals surface area contributed by atoms with Crippen LogP contribution in [0.1, 0.15) is 44.7 Å². The van der Waals surface area contributed by atoms with E-state index in [2.05, 4.69) is 67.5 Å². The second kappa shape index (κ2) is 7.25. The molecule has 1 aliphatic rings. The van der Waals surface area contributed by atoms with E-state index in [0.29, 0.717) is 18.6 Å². The van der Waals surface area contributed by atoms with Gasteiger partial charge in [0.05, 0.1) is 6.04 Å². The molecule has 1 fully saturated rings. The molecule has 1 aliphatic heterocycles. The van der Waals surface area contributed by atoms with Gasteiger partial charge in [0.25, 0.3) is 0 Å². The lowest BCUT2D eigenvalue weighted by Gasteiger charge is -2.41. The Balaban J connectivity index is 2.08. The molecular weight excluding hydrogens is 260 g/mol. The molecule has 1 heterocycles. The molecule has 3 atom stereocenters. The van der Waals surface area contributed by atoms with Crippen molar-refractivity contribution in [1.82, 2.24) is 10.4 Å². The second-order valence-corrected chi connectivity index (χ2v) is 6.44. The molecule has 3 N–H and O–H groups in total. The minimum atomic E-state index is 0.184. The molecule has 1 saturated heterocycles. The van der Waals surface area contributed by atoms with E-state index >= 15 is 0 Å². The Morgan fingerprint density at radius 1 is 1.19 bits per heavy atom. The van der Waals surface area contributed by atoms with Gasteiger partial charge in [-0.15, -0.1) is 0 Å². The quantitative estimate of drug-likeness (QED) is 0.874. The van der Waals surface area contributed by atoms with Gasteiger partial charge in [0.15, 0.2) is 0 Å². The van der Waals surface area contributed by atoms with E-state index < -0.39 is 0 Å². The number of nitrogens with zero attached hydrogens (tertiary/aromatic N) is 2. The molecule has 3 unspecified atom stereocenters. The van der Waals surface area contributed by atoms with Crippen LogP contribution >= 0.6 is 0 Å². The lowest BCUT2D eigenvalue weighted by atomic mass is 9.99. The number of hydrogen-bond donors (Lipinski definition) is 2. The molecule has 0 aliphatic carbocycles. The maximum absolute atomic E-state index is 6.01. The zero-order valence-electron chi connectivity index (χ0n) is 13.8. The summed E-state index contributed by atoms with van der Waals surface area (Å²) < 4.78 is 0. The van der Waals surface area contributed by atoms with Gasteiger partial charge in [-0.3, -0.25) is 0 Å². The summed E-state index contributed by atoms with van der Waals surface area (Å²) in [6.45, 7) is 5.20. The summed E-state index contributed by atoms with van der Waals surface area (Å²) in [5.74, 6) is 0. The molecule has 0 bridgehead atoms. The van der Waals surface area contributed by atoms with Crippen molar-refractivity contribution < 1.29 is 0 Å². The number of hydrazine groups is 1. The third-order valence-electron chi connectivity index (χ3n) is 4.55. The molecule has 4 heteroatoms. The molecule has 2 rings (SSSR count). The highest BCUT2D eigenvalue weighted by atomic mass is 15.5. The predicted molar refractivity (Wildman–Crippen MR) is 90.3 cm³/mol. The van der Waals surface area contributed by atoms with Gasteiger partial charge >= 0.3 is 0 Å². The highest BCUT2D eigenvalue weighted by Gasteiger charge is 2.26. The number of hydrogen-bond acceptors (Lipinski definition) is 4. The Morgan fingerprint density at radius 3 is 2.24 bits per heavy atom. The summed E-state index contributed by atoms with van der Waals surface area (Å²) in [6.07, 6.45) is 3.84. The molecular formula is C17H30N4. The average molecular weight is 290 g/mol. The van der Waals surface area contributed by atoms with Crippen LogP contribution in [0, 0.1) is 0 Å². The Kier molecular flexibility index (Phi) is 5.62. The maximum Gasteiger partial charge on any atom is 0.0587 e. The molecule has 1 aromatic rings. The van der Waals surface area contributed by atoms with Crippen molar-refractivity contribution in [2.45, 2.75) is 51.2 Å². The van der Waals surface area contributed by atoms with E-state index in [0.717, 1.165) is 0 Å². The lowest BCUT2D eigenvalue weighted by Crippen LogP contribution is -2.54. The summed E-state index contributed by atoms with van der Waals surface area (Å²) in [7, 11) is 4.12. The highest BCUT2D eigenvalue weighted by molar-refractivity contribution is 5.46. The van der Waals surface area contributed by atoms with Crippen molar-refractivity contribution in [2.75, 3.05) is 25.5 Å². The van der Waals surface area contributed by atoms with Gasteiger partial charge < -0.3 is 10.6 Å². The Morgan fingerprint density at radius 2 is 1.76 bits per heavy atom. The first kappa shape index (κ1) is 16.3. The molecule has 4 nitrogen and oxygen atoms in total. The normalized spacial score (nSPS) is 24.8. The van der Waals surface area contributed by atoms with E-state index in [1.165, 1.54) is 30.5 Å². The third kappa shape index (κ3) is 3.96. The van der Waals surface area contributed by atoms with Gasteiger partial charge in [0.2, 0.25) is 0 Å². The van der Waals surface area contributed by atoms with Gasteiger partial charge in [-0.2, -0.15) is 0 Å². The van der Waals surface area contributed by atoms with Crippen LogP contribution in [0.25, 0.3) is 0 Å². The van der Waals surface area contributed by atoms with Crippen LogP contribution in [0.2, 0.25) is 0 Å². The van der Waals surface area contributed by atoms with Gasteiger partial charge in [-0.1, -0.05) is 18.6 Å². The van der Waals surface area contributed by atoms with Crippen LogP contribution in [0.4, 0.5) is 5.69 Å². The molecule has 0 aromatic heterocycles. The molecule has 118 valence electrons.